The Balaban J connectivity index is 1.99. The van der Waals surface area contributed by atoms with Crippen molar-refractivity contribution in [2.45, 2.75) is 39.0 Å². The first-order chi connectivity index (χ1) is 9.20. The van der Waals surface area contributed by atoms with Gasteiger partial charge in [-0.05, 0) is 13.0 Å². The third kappa shape index (κ3) is 3.99. The summed E-state index contributed by atoms with van der Waals surface area (Å²) in [4.78, 5) is 4.37. The second kappa shape index (κ2) is 6.98. The normalized spacial score (nSPS) is 21.8. The standard InChI is InChI=1S/C13H24N4O2/c1-10(2)7-17-13(15-9-16-17)6-11(14-3)12-8-18-4-5-19-12/h9-12,14H,4-8H2,1-3H3. The molecule has 0 bridgehead atoms. The highest BCUT2D eigenvalue weighted by Gasteiger charge is 2.25. The SMILES string of the molecule is CNC(Cc1ncnn1CC(C)C)C1COCCO1. The van der Waals surface area contributed by atoms with Crippen molar-refractivity contribution in [2.75, 3.05) is 26.9 Å². The van der Waals surface area contributed by atoms with Crippen molar-refractivity contribution in [3.63, 3.8) is 0 Å². The van der Waals surface area contributed by atoms with Crippen LogP contribution in [-0.2, 0) is 22.4 Å². The number of ether oxygens (including phenoxy) is 2. The minimum atomic E-state index is 0.0861. The fraction of sp³-hybridized carbons (Fsp3) is 0.846. The predicted molar refractivity (Wildman–Crippen MR) is 72.0 cm³/mol. The van der Waals surface area contributed by atoms with Gasteiger partial charge in [-0.1, -0.05) is 13.8 Å². The summed E-state index contributed by atoms with van der Waals surface area (Å²) in [5.41, 5.74) is 0. The zero-order chi connectivity index (χ0) is 13.7. The van der Waals surface area contributed by atoms with Crippen LogP contribution in [0.3, 0.4) is 0 Å². The van der Waals surface area contributed by atoms with Crippen LogP contribution in [0, 0.1) is 5.92 Å². The van der Waals surface area contributed by atoms with Gasteiger partial charge in [-0.3, -0.25) is 0 Å². The van der Waals surface area contributed by atoms with Crippen LogP contribution in [0.2, 0.25) is 0 Å². The summed E-state index contributed by atoms with van der Waals surface area (Å²) in [5.74, 6) is 1.56. The van der Waals surface area contributed by atoms with Crippen molar-refractivity contribution >= 4 is 0 Å². The highest BCUT2D eigenvalue weighted by molar-refractivity contribution is 4.93. The van der Waals surface area contributed by atoms with E-state index >= 15 is 0 Å². The van der Waals surface area contributed by atoms with Crippen LogP contribution in [0.1, 0.15) is 19.7 Å². The third-order valence-electron chi connectivity index (χ3n) is 3.30. The number of likely N-dealkylation sites (N-methyl/N-ethyl adjacent to an activating group) is 1. The van der Waals surface area contributed by atoms with Gasteiger partial charge in [0.1, 0.15) is 12.2 Å². The van der Waals surface area contributed by atoms with Crippen molar-refractivity contribution in [1.82, 2.24) is 20.1 Å². The molecule has 2 unspecified atom stereocenters. The molecule has 6 nitrogen and oxygen atoms in total. The van der Waals surface area contributed by atoms with Gasteiger partial charge in [0.05, 0.1) is 25.9 Å². The first-order valence-corrected chi connectivity index (χ1v) is 6.94. The van der Waals surface area contributed by atoms with Crippen LogP contribution in [0.25, 0.3) is 0 Å². The molecule has 0 spiro atoms. The van der Waals surface area contributed by atoms with E-state index in [4.69, 9.17) is 9.47 Å². The van der Waals surface area contributed by atoms with Crippen molar-refractivity contribution in [1.29, 1.82) is 0 Å². The Hall–Kier alpha value is -0.980. The Labute approximate surface area is 114 Å². The molecule has 1 aliphatic heterocycles. The van der Waals surface area contributed by atoms with Crippen LogP contribution in [-0.4, -0.2) is 53.8 Å². The van der Waals surface area contributed by atoms with Gasteiger partial charge in [0.2, 0.25) is 0 Å². The number of nitrogens with one attached hydrogen (secondary N) is 1. The molecular formula is C13H24N4O2. The van der Waals surface area contributed by atoms with Crippen LogP contribution >= 0.6 is 0 Å². The highest BCUT2D eigenvalue weighted by Crippen LogP contribution is 2.11. The zero-order valence-corrected chi connectivity index (χ0v) is 12.0. The fourth-order valence-electron chi connectivity index (χ4n) is 2.30. The molecule has 1 fully saturated rings. The highest BCUT2D eigenvalue weighted by atomic mass is 16.6. The molecule has 1 saturated heterocycles. The summed E-state index contributed by atoms with van der Waals surface area (Å²) in [6.07, 6.45) is 2.52. The van der Waals surface area contributed by atoms with Gasteiger partial charge in [0.15, 0.2) is 0 Å². The Kier molecular flexibility index (Phi) is 5.30. The molecule has 2 rings (SSSR count). The van der Waals surface area contributed by atoms with Gasteiger partial charge in [-0.2, -0.15) is 5.10 Å². The smallest absolute Gasteiger partial charge is 0.138 e. The summed E-state index contributed by atoms with van der Waals surface area (Å²) in [6, 6.07) is 0.204. The summed E-state index contributed by atoms with van der Waals surface area (Å²) >= 11 is 0. The van der Waals surface area contributed by atoms with Gasteiger partial charge in [0.25, 0.3) is 0 Å². The number of hydrogen-bond acceptors (Lipinski definition) is 5. The monoisotopic (exact) mass is 268 g/mol. The van der Waals surface area contributed by atoms with E-state index in [0.717, 1.165) is 18.8 Å². The molecule has 1 aromatic heterocycles. The fourth-order valence-corrected chi connectivity index (χ4v) is 2.30. The Morgan fingerprint density at radius 1 is 1.47 bits per heavy atom. The van der Waals surface area contributed by atoms with E-state index in [9.17, 15) is 0 Å². The first-order valence-electron chi connectivity index (χ1n) is 6.94. The minimum absolute atomic E-state index is 0.0861. The predicted octanol–water partition coefficient (Wildman–Crippen LogP) is 0.480. The molecule has 108 valence electrons. The van der Waals surface area contributed by atoms with Gasteiger partial charge in [-0.15, -0.1) is 0 Å². The van der Waals surface area contributed by atoms with Crippen LogP contribution in [0.5, 0.6) is 0 Å². The maximum Gasteiger partial charge on any atom is 0.138 e. The lowest BCUT2D eigenvalue weighted by Gasteiger charge is -2.30. The lowest BCUT2D eigenvalue weighted by atomic mass is 10.1. The third-order valence-corrected chi connectivity index (χ3v) is 3.30. The van der Waals surface area contributed by atoms with E-state index in [-0.39, 0.29) is 12.1 Å². The molecule has 1 N–H and O–H groups in total. The molecule has 0 saturated carbocycles. The molecule has 6 heteroatoms. The lowest BCUT2D eigenvalue weighted by Crippen LogP contribution is -2.47. The number of aromatic nitrogens is 3. The maximum absolute atomic E-state index is 5.76. The number of rotatable bonds is 6. The van der Waals surface area contributed by atoms with Gasteiger partial charge < -0.3 is 14.8 Å². The summed E-state index contributed by atoms with van der Waals surface area (Å²) < 4.78 is 13.2. The van der Waals surface area contributed by atoms with E-state index < -0.39 is 0 Å². The maximum atomic E-state index is 5.76. The lowest BCUT2D eigenvalue weighted by molar-refractivity contribution is -0.101. The van der Waals surface area contributed by atoms with Crippen LogP contribution < -0.4 is 5.32 Å². The second-order valence-electron chi connectivity index (χ2n) is 5.34. The zero-order valence-electron chi connectivity index (χ0n) is 12.0. The van der Waals surface area contributed by atoms with E-state index in [1.807, 2.05) is 11.7 Å². The van der Waals surface area contributed by atoms with Crippen molar-refractivity contribution < 1.29 is 9.47 Å². The van der Waals surface area contributed by atoms with Crippen LogP contribution in [0.15, 0.2) is 6.33 Å². The molecule has 2 heterocycles. The second-order valence-corrected chi connectivity index (χ2v) is 5.34. The Morgan fingerprint density at radius 2 is 2.32 bits per heavy atom. The largest absolute Gasteiger partial charge is 0.376 e. The number of nitrogens with zero attached hydrogens (tertiary/aromatic N) is 3. The Bertz CT molecular complexity index is 374. The molecule has 1 aromatic rings. The number of hydrogen-bond donors (Lipinski definition) is 1. The van der Waals surface area contributed by atoms with E-state index in [2.05, 4.69) is 29.2 Å². The van der Waals surface area contributed by atoms with Gasteiger partial charge in [0, 0.05) is 19.0 Å². The van der Waals surface area contributed by atoms with Crippen LogP contribution in [0.4, 0.5) is 0 Å². The molecular weight excluding hydrogens is 244 g/mol. The average molecular weight is 268 g/mol. The quantitative estimate of drug-likeness (QED) is 0.813. The summed E-state index contributed by atoms with van der Waals surface area (Å²) in [7, 11) is 1.95. The van der Waals surface area contributed by atoms with Crippen molar-refractivity contribution in [3.8, 4) is 0 Å². The first kappa shape index (κ1) is 14.4. The topological polar surface area (TPSA) is 61.2 Å². The van der Waals surface area contributed by atoms with Crippen molar-refractivity contribution in [3.05, 3.63) is 12.2 Å². The molecule has 19 heavy (non-hydrogen) atoms. The average Bonchev–Trinajstić information content (AvgIpc) is 2.83. The minimum Gasteiger partial charge on any atom is -0.376 e. The summed E-state index contributed by atoms with van der Waals surface area (Å²) in [6.45, 7) is 7.26. The molecule has 0 aliphatic carbocycles. The van der Waals surface area contributed by atoms with E-state index in [0.29, 0.717) is 25.7 Å². The molecule has 0 aromatic carbocycles. The van der Waals surface area contributed by atoms with Gasteiger partial charge in [-0.25, -0.2) is 9.67 Å². The molecule has 0 amide bonds. The molecule has 2 atom stereocenters. The Morgan fingerprint density at radius 3 is 2.95 bits per heavy atom. The molecule has 0 radical (unpaired) electrons. The van der Waals surface area contributed by atoms with E-state index in [1.54, 1.807) is 6.33 Å². The van der Waals surface area contributed by atoms with Crippen molar-refractivity contribution in [2.24, 2.45) is 5.92 Å². The molecule has 1 aliphatic rings. The van der Waals surface area contributed by atoms with Gasteiger partial charge >= 0.3 is 0 Å². The summed E-state index contributed by atoms with van der Waals surface area (Å²) in [5, 5.41) is 7.60. The van der Waals surface area contributed by atoms with E-state index in [1.165, 1.54) is 0 Å².